The molecular weight excluding hydrogens is 176 g/mol. The molecule has 0 heterocycles. The average molecular weight is 188 g/mol. The Labute approximate surface area is 75.1 Å². The number of hydrogen-bond acceptors (Lipinski definition) is 3. The zero-order valence-electron chi connectivity index (χ0n) is 7.08. The number of primary amides is 1. The largest absolute Gasteiger partial charge is 0.480 e. The molecule has 0 bridgehead atoms. The first-order valence-corrected chi connectivity index (χ1v) is 3.79. The van der Waals surface area contributed by atoms with Crippen LogP contribution in [-0.4, -0.2) is 29.4 Å². The molecule has 74 valence electrons. The third kappa shape index (κ3) is 8.32. The molecule has 0 saturated carbocycles. The van der Waals surface area contributed by atoms with Crippen LogP contribution in [0, 0.1) is 0 Å². The SMILES string of the molecule is NC(=O)CCCC(=O)NCC(=O)O. The van der Waals surface area contributed by atoms with Crippen LogP contribution in [-0.2, 0) is 14.4 Å². The lowest BCUT2D eigenvalue weighted by molar-refractivity contribution is -0.138. The van der Waals surface area contributed by atoms with Gasteiger partial charge in [0.05, 0.1) is 0 Å². The smallest absolute Gasteiger partial charge is 0.322 e. The van der Waals surface area contributed by atoms with Crippen molar-refractivity contribution in [2.75, 3.05) is 6.54 Å². The third-order valence-corrected chi connectivity index (χ3v) is 1.26. The molecule has 0 aliphatic heterocycles. The van der Waals surface area contributed by atoms with Gasteiger partial charge in [-0.05, 0) is 6.42 Å². The van der Waals surface area contributed by atoms with Gasteiger partial charge in [-0.3, -0.25) is 14.4 Å². The zero-order chi connectivity index (χ0) is 10.3. The molecule has 0 aromatic carbocycles. The molecule has 0 aliphatic rings. The van der Waals surface area contributed by atoms with Crippen LogP contribution in [0.1, 0.15) is 19.3 Å². The summed E-state index contributed by atoms with van der Waals surface area (Å²) in [5.41, 5.74) is 4.84. The number of nitrogens with one attached hydrogen (secondary N) is 1. The van der Waals surface area contributed by atoms with Gasteiger partial charge in [-0.15, -0.1) is 0 Å². The molecule has 0 spiro atoms. The van der Waals surface area contributed by atoms with Crippen molar-refractivity contribution >= 4 is 17.8 Å². The van der Waals surface area contributed by atoms with Crippen LogP contribution in [0.4, 0.5) is 0 Å². The highest BCUT2D eigenvalue weighted by atomic mass is 16.4. The van der Waals surface area contributed by atoms with Crippen molar-refractivity contribution in [1.82, 2.24) is 5.32 Å². The Bertz CT molecular complexity index is 215. The molecule has 4 N–H and O–H groups in total. The van der Waals surface area contributed by atoms with E-state index in [0.717, 1.165) is 0 Å². The van der Waals surface area contributed by atoms with Crippen molar-refractivity contribution in [3.63, 3.8) is 0 Å². The minimum absolute atomic E-state index is 0.121. The minimum Gasteiger partial charge on any atom is -0.480 e. The number of carbonyl (C=O) groups is 3. The van der Waals surface area contributed by atoms with E-state index in [0.29, 0.717) is 6.42 Å². The summed E-state index contributed by atoms with van der Waals surface area (Å²) >= 11 is 0. The number of rotatable bonds is 6. The average Bonchev–Trinajstić information content (AvgIpc) is 2.00. The predicted octanol–water partition coefficient (Wildman–Crippen LogP) is -1.16. The summed E-state index contributed by atoms with van der Waals surface area (Å²) in [5.74, 6) is -1.95. The molecule has 2 amide bonds. The minimum atomic E-state index is -1.09. The highest BCUT2D eigenvalue weighted by molar-refractivity contribution is 5.81. The maximum absolute atomic E-state index is 10.8. The van der Waals surface area contributed by atoms with Gasteiger partial charge in [-0.25, -0.2) is 0 Å². The summed E-state index contributed by atoms with van der Waals surface area (Å²) in [7, 11) is 0. The number of amides is 2. The summed E-state index contributed by atoms with van der Waals surface area (Å²) in [4.78, 5) is 31.0. The van der Waals surface area contributed by atoms with E-state index in [9.17, 15) is 14.4 Å². The van der Waals surface area contributed by atoms with Gasteiger partial charge < -0.3 is 16.2 Å². The quantitative estimate of drug-likeness (QED) is 0.488. The Hall–Kier alpha value is -1.59. The lowest BCUT2D eigenvalue weighted by atomic mass is 10.2. The summed E-state index contributed by atoms with van der Waals surface area (Å²) in [6.45, 7) is -0.393. The van der Waals surface area contributed by atoms with Crippen LogP contribution >= 0.6 is 0 Å². The van der Waals surface area contributed by atoms with Gasteiger partial charge in [-0.2, -0.15) is 0 Å². The highest BCUT2D eigenvalue weighted by Crippen LogP contribution is 1.93. The molecule has 0 rings (SSSR count). The number of aliphatic carboxylic acids is 1. The fraction of sp³-hybridized carbons (Fsp3) is 0.571. The van der Waals surface area contributed by atoms with Gasteiger partial charge in [0.25, 0.3) is 0 Å². The van der Waals surface area contributed by atoms with Gasteiger partial charge in [0, 0.05) is 12.8 Å². The number of carboxylic acids is 1. The lowest BCUT2D eigenvalue weighted by Crippen LogP contribution is -2.29. The Kier molecular flexibility index (Phi) is 5.25. The Morgan fingerprint density at radius 3 is 2.31 bits per heavy atom. The van der Waals surface area contributed by atoms with Crippen molar-refractivity contribution in [3.05, 3.63) is 0 Å². The first kappa shape index (κ1) is 11.4. The summed E-state index contributed by atoms with van der Waals surface area (Å²) in [6, 6.07) is 0. The van der Waals surface area contributed by atoms with Crippen molar-refractivity contribution in [3.8, 4) is 0 Å². The van der Waals surface area contributed by atoms with E-state index < -0.39 is 18.4 Å². The normalized spacial score (nSPS) is 9.23. The van der Waals surface area contributed by atoms with E-state index >= 15 is 0 Å². The summed E-state index contributed by atoms with van der Waals surface area (Å²) in [5, 5.41) is 10.4. The Balaban J connectivity index is 3.41. The van der Waals surface area contributed by atoms with Gasteiger partial charge in [-0.1, -0.05) is 0 Å². The van der Waals surface area contributed by atoms with Crippen molar-refractivity contribution in [2.45, 2.75) is 19.3 Å². The molecule has 6 heteroatoms. The Morgan fingerprint density at radius 2 is 1.85 bits per heavy atom. The monoisotopic (exact) mass is 188 g/mol. The number of nitrogens with two attached hydrogens (primary N) is 1. The van der Waals surface area contributed by atoms with E-state index in [1.807, 2.05) is 0 Å². The topological polar surface area (TPSA) is 109 Å². The van der Waals surface area contributed by atoms with E-state index in [1.165, 1.54) is 0 Å². The van der Waals surface area contributed by atoms with E-state index in [1.54, 1.807) is 0 Å². The zero-order valence-corrected chi connectivity index (χ0v) is 7.08. The number of carboxylic acid groups (broad SMARTS) is 1. The van der Waals surface area contributed by atoms with Crippen LogP contribution < -0.4 is 11.1 Å². The van der Waals surface area contributed by atoms with Crippen LogP contribution in [0.25, 0.3) is 0 Å². The standard InChI is InChI=1S/C7H12N2O4/c8-5(10)2-1-3-6(11)9-4-7(12)13/h1-4H2,(H2,8,10)(H,9,11)(H,12,13). The van der Waals surface area contributed by atoms with E-state index in [2.05, 4.69) is 5.32 Å². The number of hydrogen-bond donors (Lipinski definition) is 3. The fourth-order valence-electron chi connectivity index (χ4n) is 0.686. The fourth-order valence-corrected chi connectivity index (χ4v) is 0.686. The molecule has 0 fully saturated rings. The molecule has 0 aromatic heterocycles. The maximum Gasteiger partial charge on any atom is 0.322 e. The van der Waals surface area contributed by atoms with Crippen molar-refractivity contribution in [2.24, 2.45) is 5.73 Å². The van der Waals surface area contributed by atoms with Crippen LogP contribution in [0.3, 0.4) is 0 Å². The molecule has 0 unspecified atom stereocenters. The van der Waals surface area contributed by atoms with E-state index in [4.69, 9.17) is 10.8 Å². The van der Waals surface area contributed by atoms with Gasteiger partial charge in [0.15, 0.2) is 0 Å². The first-order valence-electron chi connectivity index (χ1n) is 3.79. The van der Waals surface area contributed by atoms with Crippen LogP contribution in [0.15, 0.2) is 0 Å². The molecule has 0 saturated heterocycles. The second kappa shape index (κ2) is 5.99. The van der Waals surface area contributed by atoms with Crippen LogP contribution in [0.2, 0.25) is 0 Å². The third-order valence-electron chi connectivity index (χ3n) is 1.26. The second-order valence-electron chi connectivity index (χ2n) is 2.49. The molecule has 13 heavy (non-hydrogen) atoms. The highest BCUT2D eigenvalue weighted by Gasteiger charge is 2.04. The molecule has 0 atom stereocenters. The van der Waals surface area contributed by atoms with E-state index in [-0.39, 0.29) is 18.7 Å². The maximum atomic E-state index is 10.8. The molecule has 6 nitrogen and oxygen atoms in total. The Morgan fingerprint density at radius 1 is 1.23 bits per heavy atom. The van der Waals surface area contributed by atoms with Crippen molar-refractivity contribution in [1.29, 1.82) is 0 Å². The van der Waals surface area contributed by atoms with Gasteiger partial charge in [0.2, 0.25) is 11.8 Å². The lowest BCUT2D eigenvalue weighted by Gasteiger charge is -2.00. The van der Waals surface area contributed by atoms with Gasteiger partial charge >= 0.3 is 5.97 Å². The first-order chi connectivity index (χ1) is 6.02. The predicted molar refractivity (Wildman–Crippen MR) is 43.7 cm³/mol. The summed E-state index contributed by atoms with van der Waals surface area (Å²) < 4.78 is 0. The molecular formula is C7H12N2O4. The molecule has 0 aliphatic carbocycles. The van der Waals surface area contributed by atoms with Gasteiger partial charge in [0.1, 0.15) is 6.54 Å². The molecule has 0 radical (unpaired) electrons. The van der Waals surface area contributed by atoms with Crippen molar-refractivity contribution < 1.29 is 19.5 Å². The second-order valence-corrected chi connectivity index (χ2v) is 2.49. The summed E-state index contributed by atoms with van der Waals surface area (Å²) in [6.07, 6.45) is 0.609. The van der Waals surface area contributed by atoms with Crippen LogP contribution in [0.5, 0.6) is 0 Å². The molecule has 0 aromatic rings. The number of carbonyl (C=O) groups excluding carboxylic acids is 2.